The van der Waals surface area contributed by atoms with E-state index < -0.39 is 0 Å². The van der Waals surface area contributed by atoms with Gasteiger partial charge in [-0.1, -0.05) is 133 Å². The van der Waals surface area contributed by atoms with Gasteiger partial charge in [0.15, 0.2) is 0 Å². The molecule has 0 unspecified atom stereocenters. The number of fused-ring (bicyclic) bond motifs is 12. The van der Waals surface area contributed by atoms with Crippen molar-refractivity contribution in [2.75, 3.05) is 9.80 Å². The second kappa shape index (κ2) is 16.8. The van der Waals surface area contributed by atoms with Gasteiger partial charge in [0.05, 0.1) is 45.6 Å². The standard InChI is InChI=1S/C67H42N6/c1-69-59-42-64(72-60-35-31-52(71(49-24-10-4-11-25-49)50-26-12-5-13-27-50)41-58(60)67-56-38-45-19-15-16-28-53(45)55(56)33-37-63(67)72)46(43-68)39-65(59)73-61-36-32-51(70(47-20-6-2-7-21-47)48-22-8-3-9-23-48)40-57(61)66-54-29-17-14-18-44(54)30-34-62(66)73/h2-37,39-42H,38H2. The molecular formula is C67H42N6. The Hall–Kier alpha value is -10.1. The molecule has 340 valence electrons. The summed E-state index contributed by atoms with van der Waals surface area (Å²) in [6.07, 6.45) is 0.795. The summed E-state index contributed by atoms with van der Waals surface area (Å²) >= 11 is 0. The zero-order chi connectivity index (χ0) is 48.6. The number of nitrogens with zero attached hydrogens (tertiary/aromatic N) is 6. The van der Waals surface area contributed by atoms with Gasteiger partial charge >= 0.3 is 0 Å². The summed E-state index contributed by atoms with van der Waals surface area (Å²) in [7, 11) is 0. The molecule has 0 radical (unpaired) electrons. The number of aromatic nitrogens is 2. The minimum atomic E-state index is 0.444. The summed E-state index contributed by atoms with van der Waals surface area (Å²) < 4.78 is 4.41. The molecule has 0 fully saturated rings. The van der Waals surface area contributed by atoms with E-state index >= 15 is 0 Å². The van der Waals surface area contributed by atoms with Crippen molar-refractivity contribution in [1.82, 2.24) is 9.13 Å². The Balaban J connectivity index is 1.01. The average Bonchev–Trinajstić information content (AvgIpc) is 4.11. The topological polar surface area (TPSA) is 44.5 Å². The summed E-state index contributed by atoms with van der Waals surface area (Å²) in [5.41, 5.74) is 17.4. The fourth-order valence-corrected chi connectivity index (χ4v) is 11.6. The third-order valence-corrected chi connectivity index (χ3v) is 14.7. The summed E-state index contributed by atoms with van der Waals surface area (Å²) in [6.45, 7) is 8.91. The molecule has 6 heteroatoms. The largest absolute Gasteiger partial charge is 0.319 e. The fraction of sp³-hybridized carbons (Fsp3) is 0.0149. The normalized spacial score (nSPS) is 11.8. The molecule has 11 aromatic carbocycles. The van der Waals surface area contributed by atoms with Crippen molar-refractivity contribution in [1.29, 1.82) is 5.26 Å². The van der Waals surface area contributed by atoms with Crippen LogP contribution in [-0.2, 0) is 6.42 Å². The Morgan fingerprint density at radius 1 is 0.411 bits per heavy atom. The number of hydrogen-bond donors (Lipinski definition) is 0. The van der Waals surface area contributed by atoms with Crippen molar-refractivity contribution >= 4 is 94.2 Å². The highest BCUT2D eigenvalue weighted by atomic mass is 15.1. The number of para-hydroxylation sites is 4. The van der Waals surface area contributed by atoms with Crippen molar-refractivity contribution in [3.63, 3.8) is 0 Å². The van der Waals surface area contributed by atoms with Crippen LogP contribution < -0.4 is 9.80 Å². The highest BCUT2D eigenvalue weighted by molar-refractivity contribution is 6.22. The van der Waals surface area contributed by atoms with Gasteiger partial charge in [0, 0.05) is 55.7 Å². The van der Waals surface area contributed by atoms with E-state index in [0.29, 0.717) is 22.6 Å². The molecule has 13 aromatic rings. The van der Waals surface area contributed by atoms with Gasteiger partial charge in [-0.3, -0.25) is 0 Å². The Morgan fingerprint density at radius 2 is 0.904 bits per heavy atom. The van der Waals surface area contributed by atoms with Crippen LogP contribution in [0.5, 0.6) is 0 Å². The molecule has 2 aromatic heterocycles. The monoisotopic (exact) mass is 930 g/mol. The van der Waals surface area contributed by atoms with Gasteiger partial charge in [-0.05, 0) is 149 Å². The zero-order valence-corrected chi connectivity index (χ0v) is 39.5. The lowest BCUT2D eigenvalue weighted by molar-refractivity contribution is 1.14. The van der Waals surface area contributed by atoms with Crippen molar-refractivity contribution in [2.24, 2.45) is 0 Å². The van der Waals surface area contributed by atoms with E-state index in [4.69, 9.17) is 6.57 Å². The van der Waals surface area contributed by atoms with Crippen LogP contribution in [0.1, 0.15) is 16.7 Å². The third kappa shape index (κ3) is 6.56. The number of anilines is 6. The Labute approximate surface area is 422 Å². The lowest BCUT2D eigenvalue weighted by Gasteiger charge is -2.25. The molecule has 1 aliphatic carbocycles. The number of rotatable bonds is 8. The first-order chi connectivity index (χ1) is 36.1. The predicted octanol–water partition coefficient (Wildman–Crippen LogP) is 18.0. The number of nitriles is 1. The van der Waals surface area contributed by atoms with Gasteiger partial charge in [0.25, 0.3) is 0 Å². The molecule has 73 heavy (non-hydrogen) atoms. The molecule has 6 nitrogen and oxygen atoms in total. The lowest BCUT2D eigenvalue weighted by atomic mass is 10.0. The molecule has 1 aliphatic rings. The Bertz CT molecular complexity index is 4350. The SMILES string of the molecule is [C-]#[N+]c1cc(-n2c3ccc(N(c4ccccc4)c4ccccc4)cc3c3c4c(ccc32)-c2ccccc2C4)c(C#N)cc1-n1c2ccc(N(c3ccccc3)c3ccccc3)cc2c2c3ccccc3ccc21. The third-order valence-electron chi connectivity index (χ3n) is 14.7. The highest BCUT2D eigenvalue weighted by Crippen LogP contribution is 2.49. The van der Waals surface area contributed by atoms with Gasteiger partial charge in [0.2, 0.25) is 5.69 Å². The van der Waals surface area contributed by atoms with Crippen LogP contribution in [0.2, 0.25) is 0 Å². The lowest BCUT2D eigenvalue weighted by Crippen LogP contribution is -2.09. The molecule has 0 saturated heterocycles. The second-order valence-electron chi connectivity index (χ2n) is 18.7. The van der Waals surface area contributed by atoms with Crippen LogP contribution in [0, 0.1) is 17.9 Å². The van der Waals surface area contributed by atoms with Crippen molar-refractivity contribution < 1.29 is 0 Å². The van der Waals surface area contributed by atoms with E-state index in [1.807, 2.05) is 36.4 Å². The molecule has 0 saturated carbocycles. The molecule has 0 spiro atoms. The number of hydrogen-bond acceptors (Lipinski definition) is 3. The Morgan fingerprint density at radius 3 is 1.49 bits per heavy atom. The molecule has 2 heterocycles. The zero-order valence-electron chi connectivity index (χ0n) is 39.5. The van der Waals surface area contributed by atoms with Crippen LogP contribution in [-0.4, -0.2) is 9.13 Å². The van der Waals surface area contributed by atoms with Crippen LogP contribution in [0.4, 0.5) is 39.8 Å². The van der Waals surface area contributed by atoms with Crippen LogP contribution in [0.25, 0.3) is 81.7 Å². The fourth-order valence-electron chi connectivity index (χ4n) is 11.6. The van der Waals surface area contributed by atoms with E-state index in [2.05, 4.69) is 236 Å². The molecule has 0 atom stereocenters. The van der Waals surface area contributed by atoms with Gasteiger partial charge in [-0.25, -0.2) is 4.85 Å². The highest BCUT2D eigenvalue weighted by Gasteiger charge is 2.28. The molecule has 0 N–H and O–H groups in total. The van der Waals surface area contributed by atoms with E-state index in [9.17, 15) is 5.26 Å². The summed E-state index contributed by atoms with van der Waals surface area (Å²) in [5, 5.41) is 18.0. The van der Waals surface area contributed by atoms with Gasteiger partial charge in [-0.2, -0.15) is 5.26 Å². The molecular weight excluding hydrogens is 889 g/mol. The maximum absolute atomic E-state index is 11.4. The summed E-state index contributed by atoms with van der Waals surface area (Å²) in [4.78, 5) is 8.89. The first-order valence-electron chi connectivity index (χ1n) is 24.6. The van der Waals surface area contributed by atoms with Crippen molar-refractivity contribution in [3.8, 4) is 28.6 Å². The maximum atomic E-state index is 11.4. The molecule has 0 bridgehead atoms. The van der Waals surface area contributed by atoms with E-state index in [1.54, 1.807) is 0 Å². The first-order valence-corrected chi connectivity index (χ1v) is 24.6. The smallest absolute Gasteiger partial charge is 0.212 e. The number of benzene rings is 11. The van der Waals surface area contributed by atoms with Gasteiger partial charge in [-0.15, -0.1) is 0 Å². The molecule has 14 rings (SSSR count). The average molecular weight is 931 g/mol. The first kappa shape index (κ1) is 41.8. The van der Waals surface area contributed by atoms with E-state index in [-0.39, 0.29) is 0 Å². The van der Waals surface area contributed by atoms with Crippen molar-refractivity contribution in [3.05, 3.63) is 271 Å². The molecule has 0 amide bonds. The second-order valence-corrected chi connectivity index (χ2v) is 18.7. The van der Waals surface area contributed by atoms with Crippen LogP contribution in [0.15, 0.2) is 243 Å². The maximum Gasteiger partial charge on any atom is 0.212 e. The van der Waals surface area contributed by atoms with Crippen LogP contribution >= 0.6 is 0 Å². The van der Waals surface area contributed by atoms with E-state index in [1.165, 1.54) is 22.3 Å². The Kier molecular flexibility index (Phi) is 9.61. The van der Waals surface area contributed by atoms with Gasteiger partial charge < -0.3 is 18.9 Å². The summed E-state index contributed by atoms with van der Waals surface area (Å²) in [5.74, 6) is 0. The van der Waals surface area contributed by atoms with E-state index in [0.717, 1.165) is 94.9 Å². The minimum Gasteiger partial charge on any atom is -0.319 e. The summed E-state index contributed by atoms with van der Waals surface area (Å²) in [6, 6.07) is 87.6. The quantitative estimate of drug-likeness (QED) is 0.143. The van der Waals surface area contributed by atoms with Crippen LogP contribution in [0.3, 0.4) is 0 Å². The predicted molar refractivity (Wildman–Crippen MR) is 301 cm³/mol. The molecule has 0 aliphatic heterocycles. The minimum absolute atomic E-state index is 0.444. The van der Waals surface area contributed by atoms with Gasteiger partial charge in [0.1, 0.15) is 6.07 Å². The van der Waals surface area contributed by atoms with Crippen molar-refractivity contribution in [2.45, 2.75) is 6.42 Å².